The third kappa shape index (κ3) is 5.46. The molecule has 0 bridgehead atoms. The molecule has 5 nitrogen and oxygen atoms in total. The first-order valence-electron chi connectivity index (χ1n) is 10.4. The molecule has 1 fully saturated rings. The highest BCUT2D eigenvalue weighted by atomic mass is 35.5. The second kappa shape index (κ2) is 9.67. The first kappa shape index (κ1) is 25.0. The van der Waals surface area contributed by atoms with E-state index in [1.807, 2.05) is 0 Å². The summed E-state index contributed by atoms with van der Waals surface area (Å²) in [6, 6.07) is 6.74. The molecule has 0 saturated heterocycles. The molecule has 1 N–H and O–H groups in total. The van der Waals surface area contributed by atoms with E-state index in [0.717, 1.165) is 22.7 Å². The number of benzene rings is 1. The Bertz CT molecular complexity index is 1010. The zero-order valence-electron chi connectivity index (χ0n) is 18.1. The molecule has 178 valence electrons. The molecule has 1 saturated carbocycles. The molecular formula is C23H24ClF4N3O2. The normalized spacial score (nSPS) is 18.8. The number of pyridine rings is 1. The Morgan fingerprint density at radius 3 is 2.36 bits per heavy atom. The smallest absolute Gasteiger partial charge is 0.278 e. The number of halogens is 5. The fraction of sp³-hybridized carbons (Fsp3) is 0.435. The van der Waals surface area contributed by atoms with Crippen molar-refractivity contribution in [2.45, 2.75) is 62.7 Å². The minimum atomic E-state index is -2.80. The Morgan fingerprint density at radius 1 is 1.21 bits per heavy atom. The number of amides is 2. The molecule has 10 heteroatoms. The third-order valence-electron chi connectivity index (χ3n) is 5.91. The van der Waals surface area contributed by atoms with Crippen LogP contribution < -0.4 is 10.2 Å². The fourth-order valence-corrected chi connectivity index (χ4v) is 4.05. The van der Waals surface area contributed by atoms with E-state index in [0.29, 0.717) is 0 Å². The molecule has 1 aromatic heterocycles. The molecular weight excluding hydrogens is 462 g/mol. The van der Waals surface area contributed by atoms with Crippen LogP contribution in [0.1, 0.15) is 43.7 Å². The molecule has 2 aromatic rings. The predicted molar refractivity (Wildman–Crippen MR) is 116 cm³/mol. The van der Waals surface area contributed by atoms with Crippen LogP contribution in [0.4, 0.5) is 23.2 Å². The van der Waals surface area contributed by atoms with Crippen molar-refractivity contribution in [3.63, 3.8) is 0 Å². The molecule has 2 atom stereocenters. The molecule has 0 aliphatic heterocycles. The van der Waals surface area contributed by atoms with Crippen molar-refractivity contribution in [3.8, 4) is 0 Å². The van der Waals surface area contributed by atoms with Crippen LogP contribution in [-0.4, -0.2) is 34.4 Å². The van der Waals surface area contributed by atoms with Crippen LogP contribution in [0.25, 0.3) is 0 Å². The molecule has 1 aromatic carbocycles. The van der Waals surface area contributed by atoms with Crippen LogP contribution in [0.3, 0.4) is 0 Å². The maximum absolute atomic E-state index is 14.1. The van der Waals surface area contributed by atoms with Gasteiger partial charge in [0.25, 0.3) is 17.4 Å². The Hall–Kier alpha value is -2.68. The van der Waals surface area contributed by atoms with Crippen molar-refractivity contribution >= 4 is 29.1 Å². The zero-order valence-corrected chi connectivity index (χ0v) is 18.9. The van der Waals surface area contributed by atoms with E-state index >= 15 is 0 Å². The summed E-state index contributed by atoms with van der Waals surface area (Å²) in [7, 11) is 0. The van der Waals surface area contributed by atoms with Gasteiger partial charge in [-0.2, -0.15) is 0 Å². The van der Waals surface area contributed by atoms with Gasteiger partial charge in [-0.1, -0.05) is 29.3 Å². The molecule has 0 radical (unpaired) electrons. The summed E-state index contributed by atoms with van der Waals surface area (Å²) in [5.74, 6) is -5.61. The largest absolute Gasteiger partial charge is 0.351 e. The van der Waals surface area contributed by atoms with Gasteiger partial charge in [0.1, 0.15) is 5.82 Å². The van der Waals surface area contributed by atoms with Crippen molar-refractivity contribution < 1.29 is 27.2 Å². The van der Waals surface area contributed by atoms with Crippen molar-refractivity contribution in [1.82, 2.24) is 10.3 Å². The lowest BCUT2D eigenvalue weighted by atomic mass is 9.87. The van der Waals surface area contributed by atoms with Crippen LogP contribution in [0.2, 0.25) is 0 Å². The van der Waals surface area contributed by atoms with Gasteiger partial charge in [0, 0.05) is 36.3 Å². The van der Waals surface area contributed by atoms with Gasteiger partial charge in [0.2, 0.25) is 5.92 Å². The molecule has 33 heavy (non-hydrogen) atoms. The highest BCUT2D eigenvalue weighted by Crippen LogP contribution is 2.37. The maximum atomic E-state index is 14.1. The Balaban J connectivity index is 2.09. The highest BCUT2D eigenvalue weighted by Gasteiger charge is 2.48. The summed E-state index contributed by atoms with van der Waals surface area (Å²) >= 11 is 5.49. The third-order valence-corrected chi connectivity index (χ3v) is 6.09. The number of carbonyl (C=O) groups is 2. The minimum Gasteiger partial charge on any atom is -0.351 e. The quantitative estimate of drug-likeness (QED) is 0.462. The van der Waals surface area contributed by atoms with Crippen LogP contribution >= 0.6 is 11.6 Å². The Kier molecular flexibility index (Phi) is 7.31. The maximum Gasteiger partial charge on any atom is 0.278 e. The first-order valence-corrected chi connectivity index (χ1v) is 10.9. The van der Waals surface area contributed by atoms with E-state index in [1.54, 1.807) is 19.1 Å². The van der Waals surface area contributed by atoms with Crippen molar-refractivity contribution in [1.29, 1.82) is 0 Å². The van der Waals surface area contributed by atoms with Gasteiger partial charge in [0.05, 0.1) is 6.20 Å². The van der Waals surface area contributed by atoms with Crippen LogP contribution in [0.5, 0.6) is 0 Å². The number of rotatable bonds is 6. The van der Waals surface area contributed by atoms with Crippen LogP contribution in [0, 0.1) is 12.7 Å². The summed E-state index contributed by atoms with van der Waals surface area (Å²) in [6.07, 6.45) is 1.36. The van der Waals surface area contributed by atoms with E-state index in [-0.39, 0.29) is 24.1 Å². The Morgan fingerprint density at radius 2 is 1.82 bits per heavy atom. The van der Waals surface area contributed by atoms with Gasteiger partial charge in [-0.25, -0.2) is 17.6 Å². The number of carbonyl (C=O) groups excluding carboxylic acids is 2. The summed E-state index contributed by atoms with van der Waals surface area (Å²) in [4.78, 5) is 31.2. The van der Waals surface area contributed by atoms with Gasteiger partial charge >= 0.3 is 0 Å². The molecule has 1 aliphatic rings. The predicted octanol–water partition coefficient (Wildman–Crippen LogP) is 5.01. The number of hydrogen-bond acceptors (Lipinski definition) is 3. The van der Waals surface area contributed by atoms with E-state index in [1.165, 1.54) is 25.3 Å². The molecule has 1 aliphatic carbocycles. The van der Waals surface area contributed by atoms with E-state index in [2.05, 4.69) is 10.3 Å². The van der Waals surface area contributed by atoms with Crippen LogP contribution in [0.15, 0.2) is 42.7 Å². The molecule has 1 heterocycles. The number of alkyl halides is 4. The van der Waals surface area contributed by atoms with E-state index < -0.39 is 53.6 Å². The first-order chi connectivity index (χ1) is 15.4. The minimum absolute atomic E-state index is 0.0238. The topological polar surface area (TPSA) is 62.3 Å². The van der Waals surface area contributed by atoms with Gasteiger partial charge in [-0.3, -0.25) is 19.5 Å². The average Bonchev–Trinajstić information content (AvgIpc) is 2.76. The summed E-state index contributed by atoms with van der Waals surface area (Å²) in [6.45, 7) is 3.12. The fourth-order valence-electron chi connectivity index (χ4n) is 3.95. The average molecular weight is 486 g/mol. The van der Waals surface area contributed by atoms with E-state index in [4.69, 9.17) is 11.6 Å². The molecule has 1 unspecified atom stereocenters. The second-order valence-corrected chi connectivity index (χ2v) is 8.76. The van der Waals surface area contributed by atoms with Gasteiger partial charge in [-0.15, -0.1) is 0 Å². The van der Waals surface area contributed by atoms with Crippen molar-refractivity contribution in [2.75, 3.05) is 4.90 Å². The monoisotopic (exact) mass is 485 g/mol. The number of anilines is 1. The lowest BCUT2D eigenvalue weighted by Gasteiger charge is -2.41. The van der Waals surface area contributed by atoms with Gasteiger partial charge < -0.3 is 5.32 Å². The van der Waals surface area contributed by atoms with Gasteiger partial charge in [-0.05, 0) is 44.9 Å². The number of aryl methyl sites for hydroxylation is 1. The standard InChI is InChI=1S/C23H24ClF4N3O2/c1-14-3-5-18(6-4-14)31(20(32)19(24)26)22(2,15-11-16(25)13-29-12-15)21(33)30-17-7-9-23(27,28)10-8-17/h3-6,11-13,17,19H,7-10H2,1-2H3,(H,30,33)/t19-,22?/m0/s1. The summed E-state index contributed by atoms with van der Waals surface area (Å²) in [5.41, 5.74) is -3.53. The molecule has 0 spiro atoms. The number of hydrogen-bond donors (Lipinski definition) is 1. The Labute approximate surface area is 194 Å². The van der Waals surface area contributed by atoms with Crippen LogP contribution in [-0.2, 0) is 15.1 Å². The second-order valence-electron chi connectivity index (χ2n) is 8.38. The number of nitrogens with zero attached hydrogens (tertiary/aromatic N) is 2. The highest BCUT2D eigenvalue weighted by molar-refractivity contribution is 6.32. The molecule has 3 rings (SSSR count). The van der Waals surface area contributed by atoms with E-state index in [9.17, 15) is 27.2 Å². The lowest BCUT2D eigenvalue weighted by molar-refractivity contribution is -0.132. The SMILES string of the molecule is Cc1ccc(N(C(=O)[C@H](F)Cl)C(C)(C(=O)NC2CCC(F)(F)CC2)c2cncc(F)c2)cc1. The molecule has 2 amide bonds. The summed E-state index contributed by atoms with van der Waals surface area (Å²) < 4.78 is 55.3. The van der Waals surface area contributed by atoms with Crippen molar-refractivity contribution in [2.24, 2.45) is 0 Å². The number of nitrogens with one attached hydrogen (secondary N) is 1. The van der Waals surface area contributed by atoms with Gasteiger partial charge in [0.15, 0.2) is 5.54 Å². The summed E-state index contributed by atoms with van der Waals surface area (Å²) in [5, 5.41) is 2.69. The number of aromatic nitrogens is 1. The lowest BCUT2D eigenvalue weighted by Crippen LogP contribution is -2.60. The van der Waals surface area contributed by atoms with Crippen molar-refractivity contribution in [3.05, 3.63) is 59.7 Å². The zero-order chi connectivity index (χ0) is 24.4.